The molecule has 10 heteroatoms. The summed E-state index contributed by atoms with van der Waals surface area (Å²) < 4.78 is 59.0. The first-order valence-corrected chi connectivity index (χ1v) is 8.27. The summed E-state index contributed by atoms with van der Waals surface area (Å²) in [5, 5.41) is 10.8. The van der Waals surface area contributed by atoms with Crippen molar-refractivity contribution in [1.29, 1.82) is 0 Å². The Balaban J connectivity index is 1.66. The van der Waals surface area contributed by atoms with Crippen LogP contribution in [-0.2, 0) is 10.9 Å². The molecule has 142 valence electrons. The summed E-state index contributed by atoms with van der Waals surface area (Å²) in [6.07, 6.45) is -5.19. The Bertz CT molecular complexity index is 956. The average molecular weight is 381 g/mol. The third-order valence-electron chi connectivity index (χ3n) is 4.33. The molecule has 0 bridgehead atoms. The van der Waals surface area contributed by atoms with E-state index in [0.717, 1.165) is 5.56 Å². The highest BCUT2D eigenvalue weighted by molar-refractivity contribution is 5.46. The van der Waals surface area contributed by atoms with Crippen molar-refractivity contribution < 1.29 is 22.3 Å². The van der Waals surface area contributed by atoms with E-state index in [1.165, 1.54) is 18.2 Å². The lowest BCUT2D eigenvalue weighted by atomic mass is 10.1. The largest absolute Gasteiger partial charge is 0.453 e. The quantitative estimate of drug-likeness (QED) is 0.638. The summed E-state index contributed by atoms with van der Waals surface area (Å²) in [5.74, 6) is -1.16. The van der Waals surface area contributed by atoms with E-state index in [9.17, 15) is 17.6 Å². The van der Waals surface area contributed by atoms with Crippen LogP contribution >= 0.6 is 0 Å². The van der Waals surface area contributed by atoms with E-state index >= 15 is 0 Å². The molecule has 1 aromatic carbocycles. The lowest BCUT2D eigenvalue weighted by Gasteiger charge is -2.37. The second-order valence-electron chi connectivity index (χ2n) is 6.37. The van der Waals surface area contributed by atoms with Crippen molar-refractivity contribution in [3.05, 3.63) is 53.6 Å². The van der Waals surface area contributed by atoms with Crippen LogP contribution in [0.3, 0.4) is 0 Å². The molecule has 0 saturated carbocycles. The molecule has 2 atom stereocenters. The predicted octanol–water partition coefficient (Wildman–Crippen LogP) is 3.25. The number of rotatable bonds is 2. The number of benzene rings is 1. The second-order valence-corrected chi connectivity index (χ2v) is 6.37. The first-order valence-electron chi connectivity index (χ1n) is 8.27. The summed E-state index contributed by atoms with van der Waals surface area (Å²) in [5.41, 5.74) is 0.803. The Labute approximate surface area is 151 Å². The number of halogens is 4. The molecule has 0 amide bonds. The zero-order valence-corrected chi connectivity index (χ0v) is 14.2. The van der Waals surface area contributed by atoms with Crippen LogP contribution in [0.4, 0.5) is 23.4 Å². The summed E-state index contributed by atoms with van der Waals surface area (Å²) >= 11 is 0. The number of morpholine rings is 1. The fourth-order valence-electron chi connectivity index (χ4n) is 3.12. The van der Waals surface area contributed by atoms with Gasteiger partial charge in [-0.05, 0) is 36.8 Å². The molecular formula is C17H15F4N5O. The molecule has 4 rings (SSSR count). The van der Waals surface area contributed by atoms with Gasteiger partial charge in [-0.15, -0.1) is 15.3 Å². The number of fused-ring (bicyclic) bond motifs is 1. The van der Waals surface area contributed by atoms with E-state index < -0.39 is 12.0 Å². The average Bonchev–Trinajstić information content (AvgIpc) is 3.05. The van der Waals surface area contributed by atoms with Crippen molar-refractivity contribution >= 4 is 11.5 Å². The summed E-state index contributed by atoms with van der Waals surface area (Å²) in [6, 6.07) is 9.00. The minimum Gasteiger partial charge on any atom is -0.367 e. The van der Waals surface area contributed by atoms with Gasteiger partial charge in [0.2, 0.25) is 0 Å². The van der Waals surface area contributed by atoms with Crippen LogP contribution < -0.4 is 4.90 Å². The molecule has 6 nitrogen and oxygen atoms in total. The number of ether oxygens (including phenoxy) is 1. The number of aromatic nitrogens is 4. The van der Waals surface area contributed by atoms with Crippen LogP contribution in [-0.4, -0.2) is 39.0 Å². The van der Waals surface area contributed by atoms with E-state index in [1.807, 2.05) is 11.8 Å². The molecule has 1 fully saturated rings. The number of nitrogens with zero attached hydrogens (tertiary/aromatic N) is 5. The van der Waals surface area contributed by atoms with E-state index in [4.69, 9.17) is 4.74 Å². The number of hydrogen-bond donors (Lipinski definition) is 0. The maximum absolute atomic E-state index is 13.2. The van der Waals surface area contributed by atoms with Gasteiger partial charge in [-0.1, -0.05) is 12.1 Å². The maximum Gasteiger partial charge on any atom is 0.453 e. The van der Waals surface area contributed by atoms with Gasteiger partial charge in [0, 0.05) is 13.1 Å². The zero-order valence-electron chi connectivity index (χ0n) is 14.2. The predicted molar refractivity (Wildman–Crippen MR) is 87.7 cm³/mol. The number of alkyl halides is 3. The van der Waals surface area contributed by atoms with Gasteiger partial charge in [0.15, 0.2) is 5.65 Å². The highest BCUT2D eigenvalue weighted by atomic mass is 19.4. The van der Waals surface area contributed by atoms with Gasteiger partial charge >= 0.3 is 6.18 Å². The minimum absolute atomic E-state index is 0.0162. The van der Waals surface area contributed by atoms with Crippen molar-refractivity contribution in [3.63, 3.8) is 0 Å². The molecule has 0 spiro atoms. The van der Waals surface area contributed by atoms with Crippen LogP contribution in [0.15, 0.2) is 36.4 Å². The van der Waals surface area contributed by atoms with E-state index in [-0.39, 0.29) is 23.7 Å². The Morgan fingerprint density at radius 2 is 1.78 bits per heavy atom. The standard InChI is InChI=1S/C17H15F4N5O/c1-10-8-25(9-13(27-10)11-2-4-12(18)5-3-11)15-7-6-14-22-23-16(17(19,20)21)26(14)24-15/h2-7,10,13H,8-9H2,1H3. The van der Waals surface area contributed by atoms with Gasteiger partial charge in [-0.3, -0.25) is 0 Å². The van der Waals surface area contributed by atoms with Gasteiger partial charge in [0.1, 0.15) is 17.7 Å². The SMILES string of the molecule is CC1CN(c2ccc3nnc(C(F)(F)F)n3n2)CC(c2ccc(F)cc2)O1. The summed E-state index contributed by atoms with van der Waals surface area (Å²) in [4.78, 5) is 1.84. The molecule has 3 aromatic rings. The van der Waals surface area contributed by atoms with Gasteiger partial charge in [-0.25, -0.2) is 4.39 Å². The summed E-state index contributed by atoms with van der Waals surface area (Å²) in [6.45, 7) is 2.69. The fraction of sp³-hybridized carbons (Fsp3) is 0.353. The Hall–Kier alpha value is -2.75. The van der Waals surface area contributed by atoms with Crippen LogP contribution in [0, 0.1) is 5.82 Å². The van der Waals surface area contributed by atoms with Crippen molar-refractivity contribution in [3.8, 4) is 0 Å². The van der Waals surface area contributed by atoms with Crippen molar-refractivity contribution in [2.75, 3.05) is 18.0 Å². The normalized spacial score (nSPS) is 21.0. The third kappa shape index (κ3) is 3.44. The molecule has 0 radical (unpaired) electrons. The molecule has 2 unspecified atom stereocenters. The molecule has 2 aromatic heterocycles. The Kier molecular flexibility index (Phi) is 4.22. The Morgan fingerprint density at radius 3 is 2.48 bits per heavy atom. The zero-order chi connectivity index (χ0) is 19.2. The van der Waals surface area contributed by atoms with Crippen LogP contribution in [0.25, 0.3) is 5.65 Å². The van der Waals surface area contributed by atoms with Gasteiger partial charge in [-0.2, -0.15) is 17.7 Å². The van der Waals surface area contributed by atoms with Crippen LogP contribution in [0.2, 0.25) is 0 Å². The topological polar surface area (TPSA) is 55.6 Å². The molecule has 3 heterocycles. The minimum atomic E-state index is -4.65. The molecule has 1 aliphatic heterocycles. The molecule has 27 heavy (non-hydrogen) atoms. The lowest BCUT2D eigenvalue weighted by Crippen LogP contribution is -2.43. The van der Waals surface area contributed by atoms with E-state index in [0.29, 0.717) is 23.4 Å². The van der Waals surface area contributed by atoms with Crippen molar-refractivity contribution in [2.45, 2.75) is 25.3 Å². The van der Waals surface area contributed by atoms with Crippen LogP contribution in [0.1, 0.15) is 24.4 Å². The highest BCUT2D eigenvalue weighted by Gasteiger charge is 2.38. The lowest BCUT2D eigenvalue weighted by molar-refractivity contribution is -0.146. The van der Waals surface area contributed by atoms with Gasteiger partial charge < -0.3 is 9.64 Å². The summed E-state index contributed by atoms with van der Waals surface area (Å²) in [7, 11) is 0. The van der Waals surface area contributed by atoms with Crippen molar-refractivity contribution in [1.82, 2.24) is 19.8 Å². The van der Waals surface area contributed by atoms with E-state index in [1.54, 1.807) is 18.2 Å². The first kappa shape index (κ1) is 17.7. The van der Waals surface area contributed by atoms with Crippen LogP contribution in [0.5, 0.6) is 0 Å². The maximum atomic E-state index is 13.2. The highest BCUT2D eigenvalue weighted by Crippen LogP contribution is 2.30. The van der Waals surface area contributed by atoms with Gasteiger partial charge in [0.25, 0.3) is 5.82 Å². The Morgan fingerprint density at radius 1 is 1.04 bits per heavy atom. The number of hydrogen-bond acceptors (Lipinski definition) is 5. The molecule has 0 aliphatic carbocycles. The molecular weight excluding hydrogens is 366 g/mol. The second kappa shape index (κ2) is 6.45. The number of anilines is 1. The van der Waals surface area contributed by atoms with E-state index in [2.05, 4.69) is 15.3 Å². The molecule has 1 aliphatic rings. The third-order valence-corrected chi connectivity index (χ3v) is 4.33. The van der Waals surface area contributed by atoms with Gasteiger partial charge in [0.05, 0.1) is 6.10 Å². The molecule has 0 N–H and O–H groups in total. The smallest absolute Gasteiger partial charge is 0.367 e. The van der Waals surface area contributed by atoms with Crippen molar-refractivity contribution in [2.24, 2.45) is 0 Å². The molecule has 1 saturated heterocycles. The first-order chi connectivity index (χ1) is 12.8. The monoisotopic (exact) mass is 381 g/mol. The fourth-order valence-corrected chi connectivity index (χ4v) is 3.12.